The van der Waals surface area contributed by atoms with Gasteiger partial charge in [0.15, 0.2) is 0 Å². The van der Waals surface area contributed by atoms with E-state index in [9.17, 15) is 4.79 Å². The summed E-state index contributed by atoms with van der Waals surface area (Å²) < 4.78 is 1.57. The molecule has 0 unspecified atom stereocenters. The highest BCUT2D eigenvalue weighted by Gasteiger charge is 2.22. The van der Waals surface area contributed by atoms with Crippen molar-refractivity contribution in [1.82, 2.24) is 35.0 Å². The number of piperazine rings is 1. The molecule has 0 atom stereocenters. The normalized spacial score (nSPS) is 15.7. The van der Waals surface area contributed by atoms with E-state index in [1.807, 2.05) is 17.2 Å². The van der Waals surface area contributed by atoms with Crippen LogP contribution in [0.2, 0.25) is 0 Å². The van der Waals surface area contributed by atoms with E-state index in [0.29, 0.717) is 10.9 Å². The highest BCUT2D eigenvalue weighted by molar-refractivity contribution is 7.99. The molecule has 0 spiro atoms. The molecule has 2 aromatic rings. The second-order valence-electron chi connectivity index (χ2n) is 5.80. The molecule has 8 nitrogen and oxygen atoms in total. The largest absolute Gasteiger partial charge is 0.339 e. The van der Waals surface area contributed by atoms with Crippen LogP contribution < -0.4 is 0 Å². The van der Waals surface area contributed by atoms with Crippen molar-refractivity contribution in [1.29, 1.82) is 0 Å². The Labute approximate surface area is 145 Å². The molecule has 1 aliphatic rings. The van der Waals surface area contributed by atoms with Crippen molar-refractivity contribution in [3.05, 3.63) is 29.6 Å². The van der Waals surface area contributed by atoms with E-state index < -0.39 is 0 Å². The first-order valence-corrected chi connectivity index (χ1v) is 8.88. The molecular formula is C15H21N7OS. The Hall–Kier alpha value is -2.00. The maximum absolute atomic E-state index is 12.3. The molecular weight excluding hydrogens is 326 g/mol. The number of carbonyl (C=O) groups is 1. The van der Waals surface area contributed by atoms with Gasteiger partial charge in [-0.2, -0.15) is 0 Å². The minimum absolute atomic E-state index is 0.136. The average Bonchev–Trinajstić information content (AvgIpc) is 3.00. The summed E-state index contributed by atoms with van der Waals surface area (Å²) in [4.78, 5) is 21.0. The lowest BCUT2D eigenvalue weighted by Crippen LogP contribution is -2.49. The Morgan fingerprint density at radius 2 is 2.08 bits per heavy atom. The van der Waals surface area contributed by atoms with Crippen LogP contribution in [0.5, 0.6) is 0 Å². The molecule has 0 bridgehead atoms. The molecule has 1 aliphatic heterocycles. The summed E-state index contributed by atoms with van der Waals surface area (Å²) in [7, 11) is 1.77. The number of aryl methyl sites for hydroxylation is 2. The SMILES string of the molecule is Cc1cccnc1CN1CCN(C(=O)CSc2nnnn2C)CC1. The van der Waals surface area contributed by atoms with E-state index in [0.717, 1.165) is 38.4 Å². The topological polar surface area (TPSA) is 80.0 Å². The zero-order valence-electron chi connectivity index (χ0n) is 13.9. The molecule has 3 rings (SSSR count). The third kappa shape index (κ3) is 4.09. The molecule has 1 saturated heterocycles. The zero-order valence-corrected chi connectivity index (χ0v) is 14.7. The molecule has 0 aliphatic carbocycles. The molecule has 9 heteroatoms. The van der Waals surface area contributed by atoms with Crippen LogP contribution in [0.4, 0.5) is 0 Å². The first-order valence-electron chi connectivity index (χ1n) is 7.89. The van der Waals surface area contributed by atoms with Crippen LogP contribution in [-0.2, 0) is 18.4 Å². The number of hydrogen-bond acceptors (Lipinski definition) is 7. The molecule has 0 radical (unpaired) electrons. The number of nitrogens with zero attached hydrogens (tertiary/aromatic N) is 7. The fourth-order valence-corrected chi connectivity index (χ4v) is 3.36. The molecule has 1 fully saturated rings. The molecule has 0 N–H and O–H groups in total. The molecule has 1 amide bonds. The van der Waals surface area contributed by atoms with Crippen molar-refractivity contribution in [2.45, 2.75) is 18.6 Å². The van der Waals surface area contributed by atoms with Crippen LogP contribution in [-0.4, -0.2) is 72.8 Å². The number of pyridine rings is 1. The minimum atomic E-state index is 0.136. The van der Waals surface area contributed by atoms with Gasteiger partial charge in [0.1, 0.15) is 0 Å². The van der Waals surface area contributed by atoms with E-state index in [2.05, 4.69) is 38.4 Å². The third-order valence-corrected chi connectivity index (χ3v) is 5.12. The van der Waals surface area contributed by atoms with Crippen LogP contribution in [0.1, 0.15) is 11.3 Å². The molecule has 0 aromatic carbocycles. The number of tetrazole rings is 1. The zero-order chi connectivity index (χ0) is 16.9. The Morgan fingerprint density at radius 3 is 2.75 bits per heavy atom. The van der Waals surface area contributed by atoms with Gasteiger partial charge < -0.3 is 4.90 Å². The van der Waals surface area contributed by atoms with Gasteiger partial charge in [0.05, 0.1) is 11.4 Å². The average molecular weight is 347 g/mol. The number of thioether (sulfide) groups is 1. The van der Waals surface area contributed by atoms with Gasteiger partial charge in [-0.3, -0.25) is 14.7 Å². The van der Waals surface area contributed by atoms with Crippen LogP contribution in [0.25, 0.3) is 0 Å². The Kier molecular flexibility index (Phi) is 5.41. The van der Waals surface area contributed by atoms with Gasteiger partial charge in [-0.25, -0.2) is 4.68 Å². The predicted octanol–water partition coefficient (Wildman–Crippen LogP) is 0.350. The van der Waals surface area contributed by atoms with E-state index in [1.165, 1.54) is 17.3 Å². The Morgan fingerprint density at radius 1 is 1.29 bits per heavy atom. The lowest BCUT2D eigenvalue weighted by Gasteiger charge is -2.34. The molecule has 24 heavy (non-hydrogen) atoms. The molecule has 128 valence electrons. The number of aromatic nitrogens is 5. The highest BCUT2D eigenvalue weighted by Crippen LogP contribution is 2.15. The summed E-state index contributed by atoms with van der Waals surface area (Å²) >= 11 is 1.37. The van der Waals surface area contributed by atoms with Gasteiger partial charge in [-0.05, 0) is 29.0 Å². The Bertz CT molecular complexity index is 697. The van der Waals surface area contributed by atoms with Crippen molar-refractivity contribution in [3.63, 3.8) is 0 Å². The van der Waals surface area contributed by atoms with Crippen molar-refractivity contribution >= 4 is 17.7 Å². The van der Waals surface area contributed by atoms with Crippen LogP contribution >= 0.6 is 11.8 Å². The van der Waals surface area contributed by atoms with Gasteiger partial charge >= 0.3 is 0 Å². The molecule has 0 saturated carbocycles. The van der Waals surface area contributed by atoms with Gasteiger partial charge in [-0.15, -0.1) is 5.10 Å². The third-order valence-electron chi connectivity index (χ3n) is 4.12. The fraction of sp³-hybridized carbons (Fsp3) is 0.533. The number of amides is 1. The smallest absolute Gasteiger partial charge is 0.233 e. The minimum Gasteiger partial charge on any atom is -0.339 e. The second-order valence-corrected chi connectivity index (χ2v) is 6.74. The van der Waals surface area contributed by atoms with E-state index in [4.69, 9.17) is 0 Å². The monoisotopic (exact) mass is 347 g/mol. The van der Waals surface area contributed by atoms with E-state index >= 15 is 0 Å². The van der Waals surface area contributed by atoms with Gasteiger partial charge in [-0.1, -0.05) is 17.8 Å². The molecule has 2 aromatic heterocycles. The van der Waals surface area contributed by atoms with E-state index in [1.54, 1.807) is 11.7 Å². The Balaban J connectivity index is 1.45. The summed E-state index contributed by atoms with van der Waals surface area (Å²) in [5, 5.41) is 11.9. The predicted molar refractivity (Wildman–Crippen MR) is 90.4 cm³/mol. The first-order chi connectivity index (χ1) is 11.6. The number of rotatable bonds is 5. The first kappa shape index (κ1) is 16.8. The fourth-order valence-electron chi connectivity index (χ4n) is 2.61. The number of hydrogen-bond donors (Lipinski definition) is 0. The summed E-state index contributed by atoms with van der Waals surface area (Å²) in [6.45, 7) is 6.18. The summed E-state index contributed by atoms with van der Waals surface area (Å²) in [6.07, 6.45) is 1.83. The lowest BCUT2D eigenvalue weighted by atomic mass is 10.2. The van der Waals surface area contributed by atoms with E-state index in [-0.39, 0.29) is 5.91 Å². The molecule has 3 heterocycles. The van der Waals surface area contributed by atoms with Crippen molar-refractivity contribution < 1.29 is 4.79 Å². The summed E-state index contributed by atoms with van der Waals surface area (Å²) in [5.41, 5.74) is 2.33. The van der Waals surface area contributed by atoms with Crippen molar-refractivity contribution in [2.24, 2.45) is 7.05 Å². The van der Waals surface area contributed by atoms with Crippen LogP contribution in [0, 0.1) is 6.92 Å². The van der Waals surface area contributed by atoms with Crippen LogP contribution in [0.15, 0.2) is 23.5 Å². The van der Waals surface area contributed by atoms with Crippen LogP contribution in [0.3, 0.4) is 0 Å². The second kappa shape index (κ2) is 7.71. The van der Waals surface area contributed by atoms with Gasteiger partial charge in [0.25, 0.3) is 0 Å². The maximum Gasteiger partial charge on any atom is 0.233 e. The highest BCUT2D eigenvalue weighted by atomic mass is 32.2. The standard InChI is InChI=1S/C15H21N7OS/c1-12-4-3-5-16-13(12)10-21-6-8-22(9-7-21)14(23)11-24-15-17-18-19-20(15)2/h3-5H,6-11H2,1-2H3. The lowest BCUT2D eigenvalue weighted by molar-refractivity contribution is -0.130. The number of carbonyl (C=O) groups excluding carboxylic acids is 1. The summed E-state index contributed by atoms with van der Waals surface area (Å²) in [5.74, 6) is 0.504. The summed E-state index contributed by atoms with van der Waals surface area (Å²) in [6, 6.07) is 4.04. The van der Waals surface area contributed by atoms with Gasteiger partial charge in [0, 0.05) is 46.0 Å². The van der Waals surface area contributed by atoms with Crippen molar-refractivity contribution in [3.8, 4) is 0 Å². The maximum atomic E-state index is 12.3. The van der Waals surface area contributed by atoms with Crippen molar-refractivity contribution in [2.75, 3.05) is 31.9 Å². The quantitative estimate of drug-likeness (QED) is 0.722. The van der Waals surface area contributed by atoms with Gasteiger partial charge in [0.2, 0.25) is 11.1 Å².